The summed E-state index contributed by atoms with van der Waals surface area (Å²) in [5.41, 5.74) is 1.52. The molecule has 0 radical (unpaired) electrons. The number of carbonyl (C=O) groups excluding carboxylic acids is 1. The molecule has 0 saturated carbocycles. The van der Waals surface area contributed by atoms with E-state index >= 15 is 0 Å². The molecule has 0 spiro atoms. The fourth-order valence-corrected chi connectivity index (χ4v) is 3.44. The average molecular weight is 394 g/mol. The fraction of sp³-hybridized carbons (Fsp3) is 0.409. The quantitative estimate of drug-likeness (QED) is 0.777. The lowest BCUT2D eigenvalue weighted by atomic mass is 9.95. The van der Waals surface area contributed by atoms with Gasteiger partial charge in [0.1, 0.15) is 11.9 Å². The van der Waals surface area contributed by atoms with E-state index in [-0.39, 0.29) is 11.8 Å². The zero-order chi connectivity index (χ0) is 20.6. The molecular formula is C22H26N4O3. The van der Waals surface area contributed by atoms with Crippen molar-refractivity contribution in [1.29, 1.82) is 5.26 Å². The van der Waals surface area contributed by atoms with Gasteiger partial charge in [0.25, 0.3) is 0 Å². The maximum Gasteiger partial charge on any atom is 0.223 e. The number of pyridine rings is 1. The molecule has 1 amide bonds. The molecule has 2 heterocycles. The Morgan fingerprint density at radius 1 is 1.28 bits per heavy atom. The standard InChI is InChI=1S/C22H26N4O3/c1-3-29-19-6-4-16(12-20(19)28-2)14-25-22(27)18-8-10-26(11-9-18)21-7-5-17(13-23)15-24-21/h4-7,12,15,18H,3,8-11,14H2,1-2H3,(H,25,27). The van der Waals surface area contributed by atoms with Crippen molar-refractivity contribution in [3.05, 3.63) is 47.7 Å². The number of rotatable bonds is 7. The Morgan fingerprint density at radius 2 is 2.07 bits per heavy atom. The number of nitrogens with zero attached hydrogens (tertiary/aromatic N) is 3. The Morgan fingerprint density at radius 3 is 2.69 bits per heavy atom. The predicted octanol–water partition coefficient (Wildman–Crippen LogP) is 2.89. The second kappa shape index (κ2) is 9.78. The summed E-state index contributed by atoms with van der Waals surface area (Å²) in [4.78, 5) is 19.1. The Hall–Kier alpha value is -3.27. The van der Waals surface area contributed by atoms with Crippen LogP contribution in [0.1, 0.15) is 30.9 Å². The summed E-state index contributed by atoms with van der Waals surface area (Å²) in [5.74, 6) is 2.29. The number of methoxy groups -OCH3 is 1. The number of carbonyl (C=O) groups is 1. The van der Waals surface area contributed by atoms with Gasteiger partial charge in [-0.25, -0.2) is 4.98 Å². The minimum Gasteiger partial charge on any atom is -0.493 e. The molecule has 0 aliphatic carbocycles. The topological polar surface area (TPSA) is 87.5 Å². The molecule has 0 atom stereocenters. The molecule has 1 aromatic carbocycles. The molecule has 0 unspecified atom stereocenters. The minimum absolute atomic E-state index is 0.00535. The van der Waals surface area contributed by atoms with E-state index in [9.17, 15) is 4.79 Å². The van der Waals surface area contributed by atoms with E-state index in [0.717, 1.165) is 37.3 Å². The van der Waals surface area contributed by atoms with Crippen LogP contribution in [0.3, 0.4) is 0 Å². The molecule has 3 rings (SSSR count). The highest BCUT2D eigenvalue weighted by Gasteiger charge is 2.25. The van der Waals surface area contributed by atoms with E-state index in [0.29, 0.717) is 30.2 Å². The first-order chi connectivity index (χ1) is 14.1. The zero-order valence-electron chi connectivity index (χ0n) is 16.9. The largest absolute Gasteiger partial charge is 0.493 e. The van der Waals surface area contributed by atoms with E-state index < -0.39 is 0 Å². The van der Waals surface area contributed by atoms with Crippen molar-refractivity contribution in [1.82, 2.24) is 10.3 Å². The molecule has 1 aliphatic heterocycles. The van der Waals surface area contributed by atoms with Crippen molar-refractivity contribution in [2.45, 2.75) is 26.3 Å². The van der Waals surface area contributed by atoms with Gasteiger partial charge in [-0.1, -0.05) is 6.07 Å². The molecule has 1 saturated heterocycles. The van der Waals surface area contributed by atoms with Crippen LogP contribution >= 0.6 is 0 Å². The SMILES string of the molecule is CCOc1ccc(CNC(=O)C2CCN(c3ccc(C#N)cn3)CC2)cc1OC. The van der Waals surface area contributed by atoms with E-state index in [4.69, 9.17) is 14.7 Å². The summed E-state index contributed by atoms with van der Waals surface area (Å²) in [7, 11) is 1.61. The van der Waals surface area contributed by atoms with Crippen LogP contribution in [-0.2, 0) is 11.3 Å². The Balaban J connectivity index is 1.50. The van der Waals surface area contributed by atoms with Gasteiger partial charge in [-0.3, -0.25) is 4.79 Å². The normalized spacial score (nSPS) is 14.2. The van der Waals surface area contributed by atoms with E-state index in [1.54, 1.807) is 19.4 Å². The van der Waals surface area contributed by atoms with Gasteiger partial charge in [-0.05, 0) is 49.6 Å². The molecule has 7 heteroatoms. The Labute approximate surface area is 171 Å². The van der Waals surface area contributed by atoms with Gasteiger partial charge in [0, 0.05) is 31.7 Å². The number of hydrogen-bond donors (Lipinski definition) is 1. The van der Waals surface area contributed by atoms with Crippen molar-refractivity contribution in [3.63, 3.8) is 0 Å². The van der Waals surface area contributed by atoms with Gasteiger partial charge < -0.3 is 19.7 Å². The van der Waals surface area contributed by atoms with Crippen LogP contribution in [0.2, 0.25) is 0 Å². The number of anilines is 1. The number of piperidine rings is 1. The van der Waals surface area contributed by atoms with Crippen molar-refractivity contribution < 1.29 is 14.3 Å². The first-order valence-electron chi connectivity index (χ1n) is 9.83. The fourth-order valence-electron chi connectivity index (χ4n) is 3.44. The lowest BCUT2D eigenvalue weighted by Crippen LogP contribution is -2.40. The highest BCUT2D eigenvalue weighted by molar-refractivity contribution is 5.79. The second-order valence-corrected chi connectivity index (χ2v) is 6.91. The number of ether oxygens (including phenoxy) is 2. The van der Waals surface area contributed by atoms with Gasteiger partial charge in [0.2, 0.25) is 5.91 Å². The third-order valence-electron chi connectivity index (χ3n) is 5.06. The monoisotopic (exact) mass is 394 g/mol. The van der Waals surface area contributed by atoms with Gasteiger partial charge in [-0.2, -0.15) is 5.26 Å². The molecule has 1 aromatic heterocycles. The third kappa shape index (κ3) is 5.17. The zero-order valence-corrected chi connectivity index (χ0v) is 16.9. The van der Waals surface area contributed by atoms with Crippen molar-refractivity contribution in [2.75, 3.05) is 31.7 Å². The third-order valence-corrected chi connectivity index (χ3v) is 5.06. The molecule has 2 aromatic rings. The minimum atomic E-state index is -0.00535. The molecule has 7 nitrogen and oxygen atoms in total. The maximum absolute atomic E-state index is 12.6. The summed E-state index contributed by atoms with van der Waals surface area (Å²) in [6.45, 7) is 4.50. The predicted molar refractivity (Wildman–Crippen MR) is 110 cm³/mol. The van der Waals surface area contributed by atoms with Crippen molar-refractivity contribution in [2.24, 2.45) is 5.92 Å². The summed E-state index contributed by atoms with van der Waals surface area (Å²) < 4.78 is 10.9. The highest BCUT2D eigenvalue weighted by Crippen LogP contribution is 2.28. The molecule has 1 aliphatic rings. The van der Waals surface area contributed by atoms with Gasteiger partial charge >= 0.3 is 0 Å². The van der Waals surface area contributed by atoms with Crippen molar-refractivity contribution >= 4 is 11.7 Å². The summed E-state index contributed by atoms with van der Waals surface area (Å²) in [5, 5.41) is 11.9. The smallest absolute Gasteiger partial charge is 0.223 e. The van der Waals surface area contributed by atoms with Crippen LogP contribution in [0.5, 0.6) is 11.5 Å². The van der Waals surface area contributed by atoms with Gasteiger partial charge in [-0.15, -0.1) is 0 Å². The van der Waals surface area contributed by atoms with Crippen LogP contribution in [0.15, 0.2) is 36.5 Å². The summed E-state index contributed by atoms with van der Waals surface area (Å²) in [6.07, 6.45) is 3.14. The number of aromatic nitrogens is 1. The summed E-state index contributed by atoms with van der Waals surface area (Å²) in [6, 6.07) is 11.4. The second-order valence-electron chi connectivity index (χ2n) is 6.91. The number of hydrogen-bond acceptors (Lipinski definition) is 6. The van der Waals surface area contributed by atoms with E-state index in [1.165, 1.54) is 0 Å². The lowest BCUT2D eigenvalue weighted by Gasteiger charge is -2.32. The van der Waals surface area contributed by atoms with Crippen LogP contribution in [0.25, 0.3) is 0 Å². The number of amides is 1. The van der Waals surface area contributed by atoms with Crippen molar-refractivity contribution in [3.8, 4) is 17.6 Å². The molecule has 152 valence electrons. The van der Waals surface area contributed by atoms with E-state index in [1.807, 2.05) is 31.2 Å². The molecule has 29 heavy (non-hydrogen) atoms. The molecule has 0 bridgehead atoms. The van der Waals surface area contributed by atoms with Gasteiger partial charge in [0.05, 0.1) is 19.3 Å². The molecular weight excluding hydrogens is 368 g/mol. The van der Waals surface area contributed by atoms with Crippen LogP contribution in [0, 0.1) is 17.2 Å². The lowest BCUT2D eigenvalue weighted by molar-refractivity contribution is -0.125. The first kappa shape index (κ1) is 20.5. The molecule has 1 fully saturated rings. The Bertz CT molecular complexity index is 869. The van der Waals surface area contributed by atoms with E-state index in [2.05, 4.69) is 21.3 Å². The number of nitrogens with one attached hydrogen (secondary N) is 1. The van der Waals surface area contributed by atoms with Gasteiger partial charge in [0.15, 0.2) is 11.5 Å². The number of nitriles is 1. The Kier molecular flexibility index (Phi) is 6.90. The van der Waals surface area contributed by atoms with Crippen LogP contribution in [0.4, 0.5) is 5.82 Å². The summed E-state index contributed by atoms with van der Waals surface area (Å²) >= 11 is 0. The van der Waals surface area contributed by atoms with Crippen LogP contribution in [-0.4, -0.2) is 37.7 Å². The average Bonchev–Trinajstić information content (AvgIpc) is 2.78. The highest BCUT2D eigenvalue weighted by atomic mass is 16.5. The molecule has 1 N–H and O–H groups in total. The van der Waals surface area contributed by atoms with Crippen LogP contribution < -0.4 is 19.7 Å². The number of benzene rings is 1. The maximum atomic E-state index is 12.6. The first-order valence-corrected chi connectivity index (χ1v) is 9.83.